The van der Waals surface area contributed by atoms with Crippen molar-refractivity contribution >= 4 is 39.5 Å². The van der Waals surface area contributed by atoms with Gasteiger partial charge in [-0.25, -0.2) is 9.13 Å². The molecule has 536 valence electrons. The molecule has 0 amide bonds. The summed E-state index contributed by atoms with van der Waals surface area (Å²) in [5.74, 6) is -1.37. The van der Waals surface area contributed by atoms with Crippen LogP contribution in [0.4, 0.5) is 0 Å². The highest BCUT2D eigenvalue weighted by molar-refractivity contribution is 7.47. The maximum absolute atomic E-state index is 13.0. The highest BCUT2D eigenvalue weighted by Crippen LogP contribution is 2.45. The Labute approximate surface area is 554 Å². The molecule has 0 aromatic rings. The average Bonchev–Trinajstić information content (AvgIpc) is 3.71. The fraction of sp³-hybridized carbons (Fsp3) is 0.889. The van der Waals surface area contributed by atoms with Crippen molar-refractivity contribution in [3.05, 3.63) is 24.3 Å². The third-order valence-electron chi connectivity index (χ3n) is 16.2. The van der Waals surface area contributed by atoms with E-state index in [9.17, 15) is 43.2 Å². The van der Waals surface area contributed by atoms with Gasteiger partial charge in [0.25, 0.3) is 0 Å². The molecule has 91 heavy (non-hydrogen) atoms. The molecule has 0 rings (SSSR count). The first-order valence-electron chi connectivity index (χ1n) is 37.0. The minimum atomic E-state index is -4.96. The van der Waals surface area contributed by atoms with Gasteiger partial charge in [-0.05, 0) is 57.3 Å². The Morgan fingerprint density at radius 2 is 0.593 bits per heavy atom. The summed E-state index contributed by atoms with van der Waals surface area (Å²) in [6.45, 7) is 7.19. The summed E-state index contributed by atoms with van der Waals surface area (Å²) in [6.07, 6.45) is 54.8. The fourth-order valence-corrected chi connectivity index (χ4v) is 12.0. The summed E-state index contributed by atoms with van der Waals surface area (Å²) in [5.41, 5.74) is 0. The van der Waals surface area contributed by atoms with Gasteiger partial charge in [0.15, 0.2) is 12.2 Å². The van der Waals surface area contributed by atoms with E-state index in [-0.39, 0.29) is 25.7 Å². The predicted molar refractivity (Wildman–Crippen MR) is 368 cm³/mol. The van der Waals surface area contributed by atoms with Crippen LogP contribution in [0.15, 0.2) is 24.3 Å². The number of allylic oxidation sites excluding steroid dienone is 4. The van der Waals surface area contributed by atoms with Crippen molar-refractivity contribution in [3.8, 4) is 0 Å². The summed E-state index contributed by atoms with van der Waals surface area (Å²) < 4.78 is 68.3. The monoisotopic (exact) mass is 1330 g/mol. The molecule has 0 aliphatic heterocycles. The van der Waals surface area contributed by atoms with Crippen LogP contribution in [0, 0.1) is 5.92 Å². The minimum Gasteiger partial charge on any atom is -0.462 e. The molecule has 19 heteroatoms. The second-order valence-corrected chi connectivity index (χ2v) is 28.7. The fourth-order valence-electron chi connectivity index (χ4n) is 10.5. The third-order valence-corrected chi connectivity index (χ3v) is 18.1. The van der Waals surface area contributed by atoms with Gasteiger partial charge in [-0.15, -0.1) is 0 Å². The number of unbranched alkanes of at least 4 members (excludes halogenated alkanes) is 39. The minimum absolute atomic E-state index is 0.101. The Hall–Kier alpha value is -2.46. The van der Waals surface area contributed by atoms with E-state index in [0.29, 0.717) is 25.7 Å². The van der Waals surface area contributed by atoms with Crippen molar-refractivity contribution in [2.45, 2.75) is 368 Å². The zero-order chi connectivity index (χ0) is 67.0. The molecule has 3 N–H and O–H groups in total. The lowest BCUT2D eigenvalue weighted by molar-refractivity contribution is -0.161. The van der Waals surface area contributed by atoms with Crippen molar-refractivity contribution in [3.63, 3.8) is 0 Å². The Morgan fingerprint density at radius 1 is 0.341 bits per heavy atom. The maximum Gasteiger partial charge on any atom is 0.472 e. The smallest absolute Gasteiger partial charge is 0.462 e. The van der Waals surface area contributed by atoms with E-state index < -0.39 is 97.5 Å². The number of aliphatic hydroxyl groups is 1. The van der Waals surface area contributed by atoms with E-state index in [0.717, 1.165) is 115 Å². The van der Waals surface area contributed by atoms with Gasteiger partial charge in [0, 0.05) is 25.7 Å². The van der Waals surface area contributed by atoms with Gasteiger partial charge in [0.05, 0.1) is 26.4 Å². The number of carbonyl (C=O) groups excluding carboxylic acids is 4. The van der Waals surface area contributed by atoms with E-state index in [1.807, 2.05) is 0 Å². The predicted octanol–water partition coefficient (Wildman–Crippen LogP) is 20.5. The van der Waals surface area contributed by atoms with Crippen LogP contribution in [0.5, 0.6) is 0 Å². The first-order valence-corrected chi connectivity index (χ1v) is 39.9. The highest BCUT2D eigenvalue weighted by atomic mass is 31.2. The molecule has 0 aliphatic carbocycles. The molecule has 0 fully saturated rings. The van der Waals surface area contributed by atoms with Crippen molar-refractivity contribution in [1.82, 2.24) is 0 Å². The first kappa shape index (κ1) is 88.5. The van der Waals surface area contributed by atoms with Crippen LogP contribution in [0.3, 0.4) is 0 Å². The lowest BCUT2D eigenvalue weighted by Gasteiger charge is -2.21. The van der Waals surface area contributed by atoms with Crippen molar-refractivity contribution in [2.24, 2.45) is 5.92 Å². The number of rotatable bonds is 70. The van der Waals surface area contributed by atoms with Gasteiger partial charge in [-0.2, -0.15) is 0 Å². The lowest BCUT2D eigenvalue weighted by Crippen LogP contribution is -2.30. The molecule has 0 saturated heterocycles. The Bertz CT molecular complexity index is 1850. The van der Waals surface area contributed by atoms with Crippen molar-refractivity contribution in [2.75, 3.05) is 39.6 Å². The van der Waals surface area contributed by atoms with Gasteiger partial charge in [0.2, 0.25) is 0 Å². The molecule has 0 saturated carbocycles. The SMILES string of the molecule is CCCCCC/C=C\C=C/CCCCCCCC(=O)OC[C@H](COP(=O)(O)OC[C@@H](O)COP(=O)(O)OC[C@@H](COC(=O)CCCCCCCCCCCC)OC(=O)CCCCCCCCCCCC)OC(=O)CCCCCCCCCCCCCCCC(C)C. The van der Waals surface area contributed by atoms with E-state index in [2.05, 4.69) is 58.9 Å². The zero-order valence-electron chi connectivity index (χ0n) is 58.5. The third kappa shape index (κ3) is 66.0. The summed E-state index contributed by atoms with van der Waals surface area (Å²) in [4.78, 5) is 72.5. The molecular formula is C72H136O17P2. The van der Waals surface area contributed by atoms with E-state index >= 15 is 0 Å². The number of esters is 4. The Kier molecular flexibility index (Phi) is 63.1. The van der Waals surface area contributed by atoms with Gasteiger partial charge in [0.1, 0.15) is 19.3 Å². The Morgan fingerprint density at radius 3 is 0.901 bits per heavy atom. The molecule has 0 aliphatic rings. The number of phosphoric acid groups is 2. The maximum atomic E-state index is 13.0. The molecule has 0 spiro atoms. The van der Waals surface area contributed by atoms with E-state index in [4.69, 9.17) is 37.0 Å². The normalized spacial score (nSPS) is 14.2. The largest absolute Gasteiger partial charge is 0.472 e. The number of carbonyl (C=O) groups is 4. The molecule has 5 atom stereocenters. The second kappa shape index (κ2) is 64.9. The number of hydrogen-bond acceptors (Lipinski definition) is 15. The lowest BCUT2D eigenvalue weighted by atomic mass is 10.0. The molecule has 0 aromatic carbocycles. The molecule has 0 bridgehead atoms. The van der Waals surface area contributed by atoms with Gasteiger partial charge in [-0.1, -0.05) is 296 Å². The van der Waals surface area contributed by atoms with Gasteiger partial charge in [-0.3, -0.25) is 37.3 Å². The van der Waals surface area contributed by atoms with Crippen LogP contribution >= 0.6 is 15.6 Å². The standard InChI is InChI=1S/C72H136O17P2/c1-6-9-12-15-18-21-24-25-26-29-32-37-41-46-51-56-70(75)83-62-68(89-72(77)58-53-48-43-38-33-30-27-28-31-34-39-44-49-54-65(4)5)64-87-91(80,81)85-60-66(73)59-84-90(78,79)86-63-67(88-71(76)57-52-47-42-36-23-20-17-14-11-8-3)61-82-69(74)55-50-45-40-35-22-19-16-13-10-7-2/h21,24-26,65-68,73H,6-20,22-23,27-64H2,1-5H3,(H,78,79)(H,80,81)/b24-21-,26-25-/t66-,67+,68+/m0/s1. The molecule has 2 unspecified atom stereocenters. The summed E-state index contributed by atoms with van der Waals surface area (Å²) in [7, 11) is -9.91. The Balaban J connectivity index is 5.27. The first-order chi connectivity index (χ1) is 44.0. The van der Waals surface area contributed by atoms with Gasteiger partial charge >= 0.3 is 39.5 Å². The number of phosphoric ester groups is 2. The van der Waals surface area contributed by atoms with Crippen LogP contribution < -0.4 is 0 Å². The van der Waals surface area contributed by atoms with Gasteiger partial charge < -0.3 is 33.8 Å². The summed E-state index contributed by atoms with van der Waals surface area (Å²) in [6, 6.07) is 0. The average molecular weight is 1340 g/mol. The number of hydrogen-bond donors (Lipinski definition) is 3. The molecule has 17 nitrogen and oxygen atoms in total. The molecular weight excluding hydrogens is 1200 g/mol. The van der Waals surface area contributed by atoms with Crippen LogP contribution in [-0.2, 0) is 65.4 Å². The topological polar surface area (TPSA) is 237 Å². The van der Waals surface area contributed by atoms with E-state index in [1.54, 1.807) is 0 Å². The summed E-state index contributed by atoms with van der Waals surface area (Å²) in [5, 5.41) is 10.6. The van der Waals surface area contributed by atoms with Crippen LogP contribution in [-0.4, -0.2) is 96.7 Å². The van der Waals surface area contributed by atoms with E-state index in [1.165, 1.54) is 154 Å². The van der Waals surface area contributed by atoms with Crippen molar-refractivity contribution in [1.29, 1.82) is 0 Å². The second-order valence-electron chi connectivity index (χ2n) is 25.8. The number of aliphatic hydroxyl groups excluding tert-OH is 1. The van der Waals surface area contributed by atoms with Crippen molar-refractivity contribution < 1.29 is 80.2 Å². The quantitative estimate of drug-likeness (QED) is 0.0169. The van der Waals surface area contributed by atoms with Crippen LogP contribution in [0.1, 0.15) is 349 Å². The molecule has 0 heterocycles. The number of ether oxygens (including phenoxy) is 4. The molecule has 0 aromatic heterocycles. The van der Waals surface area contributed by atoms with Crippen LogP contribution in [0.2, 0.25) is 0 Å². The molecule has 0 radical (unpaired) electrons. The highest BCUT2D eigenvalue weighted by Gasteiger charge is 2.30. The summed E-state index contributed by atoms with van der Waals surface area (Å²) >= 11 is 0. The zero-order valence-corrected chi connectivity index (χ0v) is 60.3. The van der Waals surface area contributed by atoms with Crippen LogP contribution in [0.25, 0.3) is 0 Å².